The number of rotatable bonds is 4. The number of nitrogens with zero attached hydrogens (tertiary/aromatic N) is 2. The second kappa shape index (κ2) is 6.48. The Morgan fingerprint density at radius 3 is 2.83 bits per heavy atom. The molecule has 0 saturated carbocycles. The molecule has 2 heterocycles. The Morgan fingerprint density at radius 2 is 2.00 bits per heavy atom. The van der Waals surface area contributed by atoms with Gasteiger partial charge in [-0.05, 0) is 48.6 Å². The summed E-state index contributed by atoms with van der Waals surface area (Å²) in [6, 6.07) is 14.6. The SMILES string of the molecule is CCCc1ccc(-c2nc(-c3cccc4c3CCCN4)no2)cc1. The van der Waals surface area contributed by atoms with Crippen LogP contribution < -0.4 is 5.32 Å². The predicted octanol–water partition coefficient (Wildman–Crippen LogP) is 4.71. The maximum absolute atomic E-state index is 5.51. The fourth-order valence-corrected chi connectivity index (χ4v) is 3.27. The second-order valence-electron chi connectivity index (χ2n) is 6.23. The quantitative estimate of drug-likeness (QED) is 0.756. The molecule has 0 unspecified atom stereocenters. The molecular formula is C20H21N3O. The number of hydrogen-bond acceptors (Lipinski definition) is 4. The van der Waals surface area contributed by atoms with Crippen LogP contribution in [0.15, 0.2) is 47.0 Å². The summed E-state index contributed by atoms with van der Waals surface area (Å²) in [5, 5.41) is 7.66. The number of fused-ring (bicyclic) bond motifs is 1. The zero-order valence-electron chi connectivity index (χ0n) is 13.9. The Kier molecular flexibility index (Phi) is 4.03. The van der Waals surface area contributed by atoms with Crippen LogP contribution >= 0.6 is 0 Å². The average molecular weight is 319 g/mol. The lowest BCUT2D eigenvalue weighted by Crippen LogP contribution is -2.12. The molecule has 0 radical (unpaired) electrons. The van der Waals surface area contributed by atoms with Crippen LogP contribution in [-0.2, 0) is 12.8 Å². The molecule has 0 spiro atoms. The van der Waals surface area contributed by atoms with Crippen LogP contribution in [0.25, 0.3) is 22.8 Å². The van der Waals surface area contributed by atoms with Crippen molar-refractivity contribution in [3.05, 3.63) is 53.6 Å². The van der Waals surface area contributed by atoms with E-state index in [1.165, 1.54) is 16.8 Å². The molecule has 4 rings (SSSR count). The molecule has 0 atom stereocenters. The smallest absolute Gasteiger partial charge is 0.258 e. The van der Waals surface area contributed by atoms with E-state index in [9.17, 15) is 0 Å². The first-order valence-corrected chi connectivity index (χ1v) is 8.64. The molecule has 24 heavy (non-hydrogen) atoms. The standard InChI is InChI=1S/C20H21N3O/c1-2-5-14-9-11-15(12-10-14)20-22-19(23-24-20)17-6-3-8-18-16(17)7-4-13-21-18/h3,6,8-12,21H,2,4-5,7,13H2,1H3. The molecule has 1 aliphatic rings. The number of aryl methyl sites for hydroxylation is 1. The Bertz CT molecular complexity index is 836. The number of aromatic nitrogens is 2. The minimum Gasteiger partial charge on any atom is -0.385 e. The van der Waals surface area contributed by atoms with Gasteiger partial charge >= 0.3 is 0 Å². The molecule has 0 amide bonds. The Balaban J connectivity index is 1.66. The van der Waals surface area contributed by atoms with Crippen molar-refractivity contribution in [1.29, 1.82) is 0 Å². The first-order chi connectivity index (χ1) is 11.8. The Labute approximate surface area is 141 Å². The first-order valence-electron chi connectivity index (χ1n) is 8.64. The third-order valence-corrected chi connectivity index (χ3v) is 4.50. The monoisotopic (exact) mass is 319 g/mol. The zero-order chi connectivity index (χ0) is 16.4. The van der Waals surface area contributed by atoms with Gasteiger partial charge in [0.2, 0.25) is 5.82 Å². The lowest BCUT2D eigenvalue weighted by Gasteiger charge is -2.19. The van der Waals surface area contributed by atoms with Gasteiger partial charge in [-0.2, -0.15) is 4.98 Å². The highest BCUT2D eigenvalue weighted by Crippen LogP contribution is 2.32. The van der Waals surface area contributed by atoms with E-state index >= 15 is 0 Å². The van der Waals surface area contributed by atoms with Gasteiger partial charge in [0.1, 0.15) is 0 Å². The summed E-state index contributed by atoms with van der Waals surface area (Å²) in [5.74, 6) is 1.25. The molecule has 0 fully saturated rings. The highest BCUT2D eigenvalue weighted by atomic mass is 16.5. The molecular weight excluding hydrogens is 298 g/mol. The first kappa shape index (κ1) is 14.9. The second-order valence-corrected chi connectivity index (χ2v) is 6.23. The third-order valence-electron chi connectivity index (χ3n) is 4.50. The van der Waals surface area contributed by atoms with E-state index in [-0.39, 0.29) is 0 Å². The maximum atomic E-state index is 5.51. The van der Waals surface area contributed by atoms with Crippen LogP contribution in [0.2, 0.25) is 0 Å². The topological polar surface area (TPSA) is 51.0 Å². The van der Waals surface area contributed by atoms with Crippen LogP contribution in [0.5, 0.6) is 0 Å². The van der Waals surface area contributed by atoms with Crippen LogP contribution in [-0.4, -0.2) is 16.7 Å². The van der Waals surface area contributed by atoms with Gasteiger partial charge in [0, 0.05) is 23.4 Å². The Morgan fingerprint density at radius 1 is 1.12 bits per heavy atom. The molecule has 0 bridgehead atoms. The van der Waals surface area contributed by atoms with Gasteiger partial charge in [0.25, 0.3) is 5.89 Å². The maximum Gasteiger partial charge on any atom is 0.258 e. The fraction of sp³-hybridized carbons (Fsp3) is 0.300. The Hall–Kier alpha value is -2.62. The molecule has 1 N–H and O–H groups in total. The van der Waals surface area contributed by atoms with Crippen LogP contribution in [0.1, 0.15) is 30.9 Å². The van der Waals surface area contributed by atoms with Crippen molar-refractivity contribution in [2.24, 2.45) is 0 Å². The predicted molar refractivity (Wildman–Crippen MR) is 96.0 cm³/mol. The summed E-state index contributed by atoms with van der Waals surface area (Å²) in [6.07, 6.45) is 4.43. The molecule has 1 aliphatic heterocycles. The van der Waals surface area contributed by atoms with E-state index in [4.69, 9.17) is 4.52 Å². The van der Waals surface area contributed by atoms with Crippen molar-refractivity contribution in [1.82, 2.24) is 10.1 Å². The molecule has 1 aromatic heterocycles. The molecule has 4 nitrogen and oxygen atoms in total. The summed E-state index contributed by atoms with van der Waals surface area (Å²) in [5.41, 5.74) is 5.85. The minimum atomic E-state index is 0.578. The van der Waals surface area contributed by atoms with Crippen LogP contribution in [0.4, 0.5) is 5.69 Å². The zero-order valence-corrected chi connectivity index (χ0v) is 13.9. The lowest BCUT2D eigenvalue weighted by atomic mass is 9.97. The molecule has 2 aromatic carbocycles. The van der Waals surface area contributed by atoms with Crippen LogP contribution in [0, 0.1) is 0 Å². The van der Waals surface area contributed by atoms with E-state index in [0.29, 0.717) is 11.7 Å². The lowest BCUT2D eigenvalue weighted by molar-refractivity contribution is 0.432. The van der Waals surface area contributed by atoms with Crippen molar-refractivity contribution in [3.8, 4) is 22.8 Å². The molecule has 122 valence electrons. The van der Waals surface area contributed by atoms with E-state index in [0.717, 1.165) is 43.4 Å². The number of anilines is 1. The minimum absolute atomic E-state index is 0.578. The number of nitrogens with one attached hydrogen (secondary N) is 1. The van der Waals surface area contributed by atoms with Gasteiger partial charge in [0.15, 0.2) is 0 Å². The van der Waals surface area contributed by atoms with Gasteiger partial charge in [-0.25, -0.2) is 0 Å². The highest BCUT2D eigenvalue weighted by molar-refractivity contribution is 5.71. The summed E-state index contributed by atoms with van der Waals surface area (Å²) >= 11 is 0. The molecule has 4 heteroatoms. The van der Waals surface area contributed by atoms with E-state index in [2.05, 4.69) is 58.8 Å². The van der Waals surface area contributed by atoms with Crippen molar-refractivity contribution >= 4 is 5.69 Å². The third kappa shape index (κ3) is 2.80. The average Bonchev–Trinajstić information content (AvgIpc) is 3.12. The highest BCUT2D eigenvalue weighted by Gasteiger charge is 2.18. The molecule has 0 aliphatic carbocycles. The summed E-state index contributed by atoms with van der Waals surface area (Å²) in [4.78, 5) is 4.63. The van der Waals surface area contributed by atoms with Crippen molar-refractivity contribution in [3.63, 3.8) is 0 Å². The van der Waals surface area contributed by atoms with Crippen molar-refractivity contribution in [2.45, 2.75) is 32.6 Å². The number of hydrogen-bond donors (Lipinski definition) is 1. The summed E-state index contributed by atoms with van der Waals surface area (Å²) in [6.45, 7) is 3.21. The van der Waals surface area contributed by atoms with E-state index in [1.807, 2.05) is 6.07 Å². The van der Waals surface area contributed by atoms with Crippen molar-refractivity contribution < 1.29 is 4.52 Å². The van der Waals surface area contributed by atoms with E-state index in [1.54, 1.807) is 0 Å². The summed E-state index contributed by atoms with van der Waals surface area (Å²) < 4.78 is 5.51. The molecule has 3 aromatic rings. The molecule has 0 saturated heterocycles. The van der Waals surface area contributed by atoms with Gasteiger partial charge in [0.05, 0.1) is 0 Å². The van der Waals surface area contributed by atoms with Crippen LogP contribution in [0.3, 0.4) is 0 Å². The van der Waals surface area contributed by atoms with Crippen molar-refractivity contribution in [2.75, 3.05) is 11.9 Å². The summed E-state index contributed by atoms with van der Waals surface area (Å²) in [7, 11) is 0. The van der Waals surface area contributed by atoms with Gasteiger partial charge < -0.3 is 9.84 Å². The van der Waals surface area contributed by atoms with Gasteiger partial charge in [-0.3, -0.25) is 0 Å². The van der Waals surface area contributed by atoms with Gasteiger partial charge in [-0.15, -0.1) is 0 Å². The largest absolute Gasteiger partial charge is 0.385 e. The number of benzene rings is 2. The van der Waals surface area contributed by atoms with E-state index < -0.39 is 0 Å². The normalized spacial score (nSPS) is 13.4. The van der Waals surface area contributed by atoms with Gasteiger partial charge in [-0.1, -0.05) is 42.8 Å². The fourth-order valence-electron chi connectivity index (χ4n) is 3.27.